The molecule has 0 aliphatic carbocycles. The number of allylic oxidation sites excluding steroid dienone is 1. The molecule has 2 aromatic rings. The average Bonchev–Trinajstić information content (AvgIpc) is 2.56. The van der Waals surface area contributed by atoms with Gasteiger partial charge in [-0.1, -0.05) is 29.3 Å². The van der Waals surface area contributed by atoms with E-state index >= 15 is 0 Å². The maximum atomic E-state index is 14.5. The van der Waals surface area contributed by atoms with Crippen LogP contribution in [-0.2, 0) is 6.18 Å². The number of hydrogen-bond acceptors (Lipinski definition) is 1. The Bertz CT molecular complexity index is 945. The van der Waals surface area contributed by atoms with E-state index in [-0.39, 0.29) is 22.2 Å². The first kappa shape index (κ1) is 23.0. The minimum atomic E-state index is -5.16. The average molecular weight is 461 g/mol. The fraction of sp³-hybridized carbons (Fsp3) is 0.167. The first-order valence-electron chi connectivity index (χ1n) is 7.55. The van der Waals surface area contributed by atoms with E-state index in [1.54, 1.807) is 0 Å². The van der Waals surface area contributed by atoms with E-state index < -0.39 is 52.3 Å². The number of halogens is 9. The van der Waals surface area contributed by atoms with Crippen LogP contribution in [0.15, 0.2) is 42.5 Å². The quantitative estimate of drug-likeness (QED) is 0.483. The molecule has 0 aliphatic rings. The van der Waals surface area contributed by atoms with Gasteiger partial charge in [-0.3, -0.25) is 0 Å². The van der Waals surface area contributed by atoms with E-state index in [9.17, 15) is 35.5 Å². The van der Waals surface area contributed by atoms with Crippen LogP contribution in [0.3, 0.4) is 0 Å². The van der Waals surface area contributed by atoms with Gasteiger partial charge in [0.2, 0.25) is 0 Å². The van der Waals surface area contributed by atoms with Gasteiger partial charge in [0.15, 0.2) is 0 Å². The first-order chi connectivity index (χ1) is 13.2. The highest BCUT2D eigenvalue weighted by atomic mass is 35.5. The van der Waals surface area contributed by atoms with Crippen LogP contribution in [0.2, 0.25) is 10.0 Å². The molecular formula is C18H9Cl2F7O2. The molecule has 0 radical (unpaired) electrons. The van der Waals surface area contributed by atoms with Crippen molar-refractivity contribution in [3.63, 3.8) is 0 Å². The summed E-state index contributed by atoms with van der Waals surface area (Å²) >= 11 is 11.3. The number of rotatable bonds is 4. The third kappa shape index (κ3) is 5.63. The van der Waals surface area contributed by atoms with E-state index in [0.29, 0.717) is 12.1 Å². The summed E-state index contributed by atoms with van der Waals surface area (Å²) in [6.07, 6.45) is -10.1. The summed E-state index contributed by atoms with van der Waals surface area (Å²) in [6.45, 7) is 0. The number of alkyl halides is 6. The Balaban J connectivity index is 2.60. The highest BCUT2D eigenvalue weighted by molar-refractivity contribution is 6.34. The Hall–Kier alpha value is -2.26. The SMILES string of the molecule is O=C(O)c1ccc(/C(F)=C/C(c2cc(Cl)cc(Cl)c2)C(F)(F)F)cc1C(F)(F)F. The van der Waals surface area contributed by atoms with Crippen molar-refractivity contribution in [2.75, 3.05) is 0 Å². The van der Waals surface area contributed by atoms with Crippen molar-refractivity contribution in [2.45, 2.75) is 18.3 Å². The molecule has 0 aromatic heterocycles. The van der Waals surface area contributed by atoms with Crippen molar-refractivity contribution >= 4 is 35.0 Å². The lowest BCUT2D eigenvalue weighted by Crippen LogP contribution is -2.19. The summed E-state index contributed by atoms with van der Waals surface area (Å²) in [5.41, 5.74) is -4.25. The van der Waals surface area contributed by atoms with Crippen LogP contribution >= 0.6 is 23.2 Å². The monoisotopic (exact) mass is 460 g/mol. The molecular weight excluding hydrogens is 452 g/mol. The third-order valence-corrected chi connectivity index (χ3v) is 4.18. The van der Waals surface area contributed by atoms with Crippen LogP contribution in [0, 0.1) is 0 Å². The van der Waals surface area contributed by atoms with Gasteiger partial charge in [0.05, 0.1) is 11.1 Å². The van der Waals surface area contributed by atoms with Crippen molar-refractivity contribution in [3.05, 3.63) is 74.8 Å². The minimum absolute atomic E-state index is 0.0674. The zero-order valence-corrected chi connectivity index (χ0v) is 15.4. The van der Waals surface area contributed by atoms with Crippen molar-refractivity contribution < 1.29 is 40.6 Å². The topological polar surface area (TPSA) is 37.3 Å². The van der Waals surface area contributed by atoms with E-state index in [1.807, 2.05) is 0 Å². The van der Waals surface area contributed by atoms with E-state index in [2.05, 4.69) is 0 Å². The van der Waals surface area contributed by atoms with Crippen LogP contribution in [0.1, 0.15) is 33.0 Å². The smallest absolute Gasteiger partial charge is 0.417 e. The van der Waals surface area contributed by atoms with Crippen LogP contribution in [-0.4, -0.2) is 17.3 Å². The summed E-state index contributed by atoms with van der Waals surface area (Å²) in [4.78, 5) is 10.9. The number of carbonyl (C=O) groups is 1. The van der Waals surface area contributed by atoms with Crippen LogP contribution in [0.5, 0.6) is 0 Å². The molecule has 1 atom stereocenters. The minimum Gasteiger partial charge on any atom is -0.478 e. The van der Waals surface area contributed by atoms with Gasteiger partial charge in [-0.2, -0.15) is 26.3 Å². The van der Waals surface area contributed by atoms with Gasteiger partial charge in [0, 0.05) is 15.6 Å². The second-order valence-electron chi connectivity index (χ2n) is 5.80. The van der Waals surface area contributed by atoms with Crippen LogP contribution < -0.4 is 0 Å². The molecule has 11 heteroatoms. The number of carboxylic acids is 1. The van der Waals surface area contributed by atoms with Gasteiger partial charge >= 0.3 is 18.3 Å². The molecule has 1 N–H and O–H groups in total. The zero-order chi connectivity index (χ0) is 22.1. The Kier molecular flexibility index (Phi) is 6.54. The fourth-order valence-corrected chi connectivity index (χ4v) is 3.03. The molecule has 0 saturated heterocycles. The molecule has 0 bridgehead atoms. The predicted octanol–water partition coefficient (Wildman–Crippen LogP) is 7.37. The number of carboxylic acid groups (broad SMARTS) is 1. The molecule has 2 rings (SSSR count). The number of aromatic carboxylic acids is 1. The Labute approximate surface area is 169 Å². The highest BCUT2D eigenvalue weighted by Crippen LogP contribution is 2.41. The molecule has 0 aliphatic heterocycles. The maximum Gasteiger partial charge on any atom is 0.417 e. The zero-order valence-electron chi connectivity index (χ0n) is 13.9. The molecule has 0 spiro atoms. The van der Waals surface area contributed by atoms with E-state index in [4.69, 9.17) is 28.3 Å². The van der Waals surface area contributed by atoms with Crippen molar-refractivity contribution in [1.29, 1.82) is 0 Å². The van der Waals surface area contributed by atoms with Crippen molar-refractivity contribution in [3.8, 4) is 0 Å². The summed E-state index contributed by atoms with van der Waals surface area (Å²) < 4.78 is 93.9. The summed E-state index contributed by atoms with van der Waals surface area (Å²) in [6, 6.07) is 4.18. The maximum absolute atomic E-state index is 14.5. The number of benzene rings is 2. The van der Waals surface area contributed by atoms with Crippen molar-refractivity contribution in [2.24, 2.45) is 0 Å². The van der Waals surface area contributed by atoms with E-state index in [1.165, 1.54) is 0 Å². The van der Waals surface area contributed by atoms with Gasteiger partial charge in [-0.25, -0.2) is 9.18 Å². The molecule has 2 aromatic carbocycles. The molecule has 1 unspecified atom stereocenters. The molecule has 2 nitrogen and oxygen atoms in total. The first-order valence-corrected chi connectivity index (χ1v) is 8.30. The van der Waals surface area contributed by atoms with Crippen LogP contribution in [0.25, 0.3) is 5.83 Å². The molecule has 0 amide bonds. The van der Waals surface area contributed by atoms with Gasteiger partial charge in [0.25, 0.3) is 0 Å². The lowest BCUT2D eigenvalue weighted by Gasteiger charge is -2.18. The molecule has 0 saturated carbocycles. The Morgan fingerprint density at radius 1 is 0.966 bits per heavy atom. The van der Waals surface area contributed by atoms with Gasteiger partial charge in [0.1, 0.15) is 11.7 Å². The van der Waals surface area contributed by atoms with Gasteiger partial charge in [-0.15, -0.1) is 0 Å². The number of hydrogen-bond donors (Lipinski definition) is 1. The lowest BCUT2D eigenvalue weighted by atomic mass is 9.95. The summed E-state index contributed by atoms with van der Waals surface area (Å²) in [5, 5.41) is 8.52. The Morgan fingerprint density at radius 2 is 1.52 bits per heavy atom. The van der Waals surface area contributed by atoms with Gasteiger partial charge in [-0.05, 0) is 42.0 Å². The van der Waals surface area contributed by atoms with Gasteiger partial charge < -0.3 is 5.11 Å². The third-order valence-electron chi connectivity index (χ3n) is 3.74. The van der Waals surface area contributed by atoms with E-state index in [0.717, 1.165) is 18.2 Å². The molecule has 156 valence electrons. The normalized spacial score (nSPS) is 14.0. The molecule has 29 heavy (non-hydrogen) atoms. The summed E-state index contributed by atoms with van der Waals surface area (Å²) in [7, 11) is 0. The lowest BCUT2D eigenvalue weighted by molar-refractivity contribution is -0.140. The molecule has 0 fully saturated rings. The predicted molar refractivity (Wildman–Crippen MR) is 92.7 cm³/mol. The molecule has 0 heterocycles. The fourth-order valence-electron chi connectivity index (χ4n) is 2.49. The van der Waals surface area contributed by atoms with Crippen LogP contribution in [0.4, 0.5) is 30.7 Å². The highest BCUT2D eigenvalue weighted by Gasteiger charge is 2.40. The second kappa shape index (κ2) is 8.23. The Morgan fingerprint density at radius 3 is 1.97 bits per heavy atom. The standard InChI is InChI=1S/C18H9Cl2F7O2/c19-10-3-9(4-11(20)6-10)13(17(22,23)24)7-15(21)8-1-2-12(16(28)29)14(5-8)18(25,26)27/h1-7,13H,(H,28,29)/b15-7-. The largest absolute Gasteiger partial charge is 0.478 e. The summed E-state index contributed by atoms with van der Waals surface area (Å²) in [5.74, 6) is -6.12. The second-order valence-corrected chi connectivity index (χ2v) is 6.67. The van der Waals surface area contributed by atoms with Crippen molar-refractivity contribution in [1.82, 2.24) is 0 Å².